The molecule has 2 N–H and O–H groups in total. The first kappa shape index (κ1) is 10.4. The molecule has 2 rings (SSSR count). The summed E-state index contributed by atoms with van der Waals surface area (Å²) in [5, 5.41) is 15.0. The highest BCUT2D eigenvalue weighted by atomic mass is 35.5. The van der Waals surface area contributed by atoms with Gasteiger partial charge in [0.25, 0.3) is 0 Å². The van der Waals surface area contributed by atoms with Crippen molar-refractivity contribution in [2.45, 2.75) is 0 Å². The summed E-state index contributed by atoms with van der Waals surface area (Å²) in [7, 11) is 0. The molecule has 0 aliphatic rings. The van der Waals surface area contributed by atoms with Crippen LogP contribution in [0.1, 0.15) is 10.4 Å². The molecule has 0 unspecified atom stereocenters. The van der Waals surface area contributed by atoms with Gasteiger partial charge >= 0.3 is 11.7 Å². The lowest BCUT2D eigenvalue weighted by Crippen LogP contribution is -2.17. The number of hydrogen-bond donors (Lipinski definition) is 2. The van der Waals surface area contributed by atoms with Crippen LogP contribution in [0, 0.1) is 0 Å². The van der Waals surface area contributed by atoms with Crippen LogP contribution in [-0.2, 0) is 0 Å². The Morgan fingerprint density at radius 1 is 1.50 bits per heavy atom. The van der Waals surface area contributed by atoms with E-state index >= 15 is 0 Å². The third kappa shape index (κ3) is 1.70. The SMILES string of the molecule is O=C(O)c1ccc(Cl)cc1-n1cn[nH]c1=O. The highest BCUT2D eigenvalue weighted by Gasteiger charge is 2.13. The molecule has 0 aliphatic heterocycles. The number of benzene rings is 1. The van der Waals surface area contributed by atoms with Crippen molar-refractivity contribution in [1.82, 2.24) is 14.8 Å². The smallest absolute Gasteiger partial charge is 0.347 e. The van der Waals surface area contributed by atoms with E-state index in [0.717, 1.165) is 4.57 Å². The van der Waals surface area contributed by atoms with E-state index in [4.69, 9.17) is 16.7 Å². The van der Waals surface area contributed by atoms with Crippen molar-refractivity contribution < 1.29 is 9.90 Å². The van der Waals surface area contributed by atoms with Gasteiger partial charge in [-0.1, -0.05) is 11.6 Å². The number of nitrogens with one attached hydrogen (secondary N) is 1. The molecule has 16 heavy (non-hydrogen) atoms. The van der Waals surface area contributed by atoms with Gasteiger partial charge in [0.05, 0.1) is 11.3 Å². The second-order valence-electron chi connectivity index (χ2n) is 3.00. The van der Waals surface area contributed by atoms with Crippen LogP contribution in [0.15, 0.2) is 29.3 Å². The summed E-state index contributed by atoms with van der Waals surface area (Å²) >= 11 is 5.75. The Morgan fingerprint density at radius 3 is 2.81 bits per heavy atom. The van der Waals surface area contributed by atoms with Gasteiger partial charge < -0.3 is 5.11 Å². The molecular weight excluding hydrogens is 234 g/mol. The van der Waals surface area contributed by atoms with Gasteiger partial charge in [0, 0.05) is 5.02 Å². The molecule has 1 heterocycles. The summed E-state index contributed by atoms with van der Waals surface area (Å²) in [6, 6.07) is 4.17. The minimum Gasteiger partial charge on any atom is -0.478 e. The highest BCUT2D eigenvalue weighted by molar-refractivity contribution is 6.30. The van der Waals surface area contributed by atoms with Gasteiger partial charge in [-0.2, -0.15) is 5.10 Å². The fraction of sp³-hybridized carbons (Fsp3) is 0. The molecule has 0 fully saturated rings. The zero-order chi connectivity index (χ0) is 11.7. The standard InChI is InChI=1S/C9H6ClN3O3/c10-5-1-2-6(8(14)15)7(3-5)13-4-11-12-9(13)16/h1-4H,(H,12,16)(H,14,15). The lowest BCUT2D eigenvalue weighted by Gasteiger charge is -2.05. The van der Waals surface area contributed by atoms with E-state index in [1.165, 1.54) is 24.5 Å². The first-order chi connectivity index (χ1) is 7.59. The quantitative estimate of drug-likeness (QED) is 0.815. The molecule has 0 atom stereocenters. The predicted molar refractivity (Wildman–Crippen MR) is 56.2 cm³/mol. The van der Waals surface area contributed by atoms with Crippen molar-refractivity contribution in [1.29, 1.82) is 0 Å². The fourth-order valence-electron chi connectivity index (χ4n) is 1.30. The third-order valence-electron chi connectivity index (χ3n) is 2.00. The zero-order valence-electron chi connectivity index (χ0n) is 7.85. The van der Waals surface area contributed by atoms with Crippen LogP contribution in [0.5, 0.6) is 0 Å². The van der Waals surface area contributed by atoms with E-state index in [1.807, 2.05) is 0 Å². The monoisotopic (exact) mass is 239 g/mol. The van der Waals surface area contributed by atoms with Gasteiger partial charge in [-0.05, 0) is 18.2 Å². The summed E-state index contributed by atoms with van der Waals surface area (Å²) < 4.78 is 1.08. The topological polar surface area (TPSA) is 88.0 Å². The van der Waals surface area contributed by atoms with E-state index in [0.29, 0.717) is 5.02 Å². The maximum absolute atomic E-state index is 11.3. The van der Waals surface area contributed by atoms with Crippen LogP contribution in [0.4, 0.5) is 0 Å². The minimum absolute atomic E-state index is 0.0205. The normalized spacial score (nSPS) is 10.3. The van der Waals surface area contributed by atoms with Crippen LogP contribution >= 0.6 is 11.6 Å². The number of aromatic nitrogens is 3. The lowest BCUT2D eigenvalue weighted by atomic mass is 10.2. The average Bonchev–Trinajstić information content (AvgIpc) is 2.63. The molecule has 0 saturated heterocycles. The highest BCUT2D eigenvalue weighted by Crippen LogP contribution is 2.18. The van der Waals surface area contributed by atoms with E-state index in [1.54, 1.807) is 0 Å². The number of H-pyrrole nitrogens is 1. The van der Waals surface area contributed by atoms with Crippen molar-refractivity contribution in [3.63, 3.8) is 0 Å². The maximum atomic E-state index is 11.3. The van der Waals surface area contributed by atoms with Crippen molar-refractivity contribution in [3.05, 3.63) is 45.6 Å². The summed E-state index contributed by atoms with van der Waals surface area (Å²) in [6.07, 6.45) is 1.19. The van der Waals surface area contributed by atoms with E-state index < -0.39 is 11.7 Å². The van der Waals surface area contributed by atoms with E-state index in [2.05, 4.69) is 10.2 Å². The van der Waals surface area contributed by atoms with Crippen LogP contribution < -0.4 is 5.69 Å². The summed E-state index contributed by atoms with van der Waals surface area (Å²) in [5.74, 6) is -1.14. The minimum atomic E-state index is -1.14. The molecule has 6 nitrogen and oxygen atoms in total. The largest absolute Gasteiger partial charge is 0.478 e. The summed E-state index contributed by atoms with van der Waals surface area (Å²) in [4.78, 5) is 22.3. The summed E-state index contributed by atoms with van der Waals surface area (Å²) in [5.41, 5.74) is -0.364. The molecular formula is C9H6ClN3O3. The van der Waals surface area contributed by atoms with Crippen molar-refractivity contribution in [2.24, 2.45) is 0 Å². The zero-order valence-corrected chi connectivity index (χ0v) is 8.60. The number of halogens is 1. The van der Waals surface area contributed by atoms with Gasteiger partial charge in [0.1, 0.15) is 6.33 Å². The van der Waals surface area contributed by atoms with Gasteiger partial charge in [-0.25, -0.2) is 19.3 Å². The number of carboxylic acid groups (broad SMARTS) is 1. The Kier molecular flexibility index (Phi) is 2.49. The molecule has 0 spiro atoms. The third-order valence-corrected chi connectivity index (χ3v) is 2.24. The molecule has 2 aromatic rings. The molecule has 82 valence electrons. The molecule has 0 aliphatic carbocycles. The van der Waals surface area contributed by atoms with Crippen molar-refractivity contribution >= 4 is 17.6 Å². The number of rotatable bonds is 2. The molecule has 0 saturated carbocycles. The number of nitrogens with zero attached hydrogens (tertiary/aromatic N) is 2. The van der Waals surface area contributed by atoms with Gasteiger partial charge in [0.15, 0.2) is 0 Å². The van der Waals surface area contributed by atoms with Gasteiger partial charge in [0.2, 0.25) is 0 Å². The number of carboxylic acids is 1. The van der Waals surface area contributed by atoms with Crippen molar-refractivity contribution in [3.8, 4) is 5.69 Å². The Bertz CT molecular complexity index is 602. The Labute approximate surface area is 94.1 Å². The fourth-order valence-corrected chi connectivity index (χ4v) is 1.47. The molecule has 0 amide bonds. The van der Waals surface area contributed by atoms with Gasteiger partial charge in [-0.15, -0.1) is 0 Å². The first-order valence-electron chi connectivity index (χ1n) is 4.25. The molecule has 1 aromatic heterocycles. The van der Waals surface area contributed by atoms with Crippen molar-refractivity contribution in [2.75, 3.05) is 0 Å². The molecule has 1 aromatic carbocycles. The number of aromatic amines is 1. The number of aromatic carboxylic acids is 1. The molecule has 7 heteroatoms. The van der Waals surface area contributed by atoms with Crippen LogP contribution in [-0.4, -0.2) is 25.8 Å². The maximum Gasteiger partial charge on any atom is 0.347 e. The average molecular weight is 240 g/mol. The van der Waals surface area contributed by atoms with Crippen LogP contribution in [0.25, 0.3) is 5.69 Å². The first-order valence-corrected chi connectivity index (χ1v) is 4.62. The lowest BCUT2D eigenvalue weighted by molar-refractivity contribution is 0.0697. The predicted octanol–water partition coefficient (Wildman–Crippen LogP) is 0.912. The Hall–Kier alpha value is -2.08. The van der Waals surface area contributed by atoms with Crippen LogP contribution in [0.2, 0.25) is 5.02 Å². The Morgan fingerprint density at radius 2 is 2.25 bits per heavy atom. The molecule has 0 bridgehead atoms. The second-order valence-corrected chi connectivity index (χ2v) is 3.43. The number of hydrogen-bond acceptors (Lipinski definition) is 3. The van der Waals surface area contributed by atoms with E-state index in [-0.39, 0.29) is 11.3 Å². The Balaban J connectivity index is 2.72. The van der Waals surface area contributed by atoms with E-state index in [9.17, 15) is 9.59 Å². The second kappa shape index (κ2) is 3.82. The molecule has 0 radical (unpaired) electrons. The number of carbonyl (C=O) groups is 1. The summed E-state index contributed by atoms with van der Waals surface area (Å²) in [6.45, 7) is 0. The van der Waals surface area contributed by atoms with Crippen LogP contribution in [0.3, 0.4) is 0 Å². The van der Waals surface area contributed by atoms with Gasteiger partial charge in [-0.3, -0.25) is 0 Å².